The number of allylic oxidation sites excluding steroid dienone is 4. The van der Waals surface area contributed by atoms with Gasteiger partial charge in [-0.1, -0.05) is 102 Å². The van der Waals surface area contributed by atoms with Gasteiger partial charge in [-0.05, 0) is 38.5 Å². The molecular formula is C40H72O14. The Hall–Kier alpha value is -1.53. The molecule has 2 heterocycles. The lowest BCUT2D eigenvalue weighted by atomic mass is 9.98. The highest BCUT2D eigenvalue weighted by atomic mass is 16.7. The third kappa shape index (κ3) is 19.1. The average molecular weight is 777 g/mol. The Kier molecular flexibility index (Phi) is 26.7. The smallest absolute Gasteiger partial charge is 0.306 e. The number of unbranched alkanes of at least 4 members (excludes halogenated alkanes) is 12. The summed E-state index contributed by atoms with van der Waals surface area (Å²) in [7, 11) is 0. The van der Waals surface area contributed by atoms with Crippen molar-refractivity contribution in [3.63, 3.8) is 0 Å². The Bertz CT molecular complexity index is 996. The molecule has 2 rings (SSSR count). The summed E-state index contributed by atoms with van der Waals surface area (Å²) in [5.41, 5.74) is 0. The van der Waals surface area contributed by atoms with Gasteiger partial charge in [-0.2, -0.15) is 0 Å². The standard InChI is InChI=1S/C40H72O14/c1-3-5-7-9-10-11-12-13-14-15-16-17-18-20-22-24-49-26-29(52-32(42)23-21-19-8-6-4-2)27-50-39-38(48)36(46)34(44)31(54-39)28-51-40-37(47)35(45)33(43)30(25-41)53-40/h9-10,12-13,29-31,33-41,43-48H,3-8,11,14-28H2,1-2H3/b10-9-,13-12-. The predicted molar refractivity (Wildman–Crippen MR) is 201 cm³/mol. The molecular weight excluding hydrogens is 704 g/mol. The van der Waals surface area contributed by atoms with Crippen molar-refractivity contribution in [3.05, 3.63) is 24.3 Å². The summed E-state index contributed by atoms with van der Waals surface area (Å²) in [6.07, 6.45) is 10.2. The molecule has 0 radical (unpaired) electrons. The molecule has 0 amide bonds. The zero-order valence-electron chi connectivity index (χ0n) is 32.7. The van der Waals surface area contributed by atoms with Crippen LogP contribution in [0.15, 0.2) is 24.3 Å². The third-order valence-electron chi connectivity index (χ3n) is 9.71. The summed E-state index contributed by atoms with van der Waals surface area (Å²) in [5.74, 6) is -0.395. The van der Waals surface area contributed by atoms with Crippen LogP contribution in [0.5, 0.6) is 0 Å². The third-order valence-corrected chi connectivity index (χ3v) is 9.71. The van der Waals surface area contributed by atoms with E-state index in [9.17, 15) is 40.5 Å². The second kappa shape index (κ2) is 29.7. The van der Waals surface area contributed by atoms with E-state index in [1.165, 1.54) is 25.7 Å². The molecule has 0 aromatic rings. The molecule has 14 nitrogen and oxygen atoms in total. The first-order chi connectivity index (χ1) is 26.1. The molecule has 0 aromatic heterocycles. The molecule has 14 heteroatoms. The Labute approximate surface area is 322 Å². The van der Waals surface area contributed by atoms with E-state index < -0.39 is 86.7 Å². The van der Waals surface area contributed by atoms with E-state index in [1.807, 2.05) is 0 Å². The first-order valence-corrected chi connectivity index (χ1v) is 20.4. The molecule has 0 spiro atoms. The van der Waals surface area contributed by atoms with Crippen molar-refractivity contribution in [2.75, 3.05) is 33.0 Å². The maximum Gasteiger partial charge on any atom is 0.306 e. The number of hydrogen-bond acceptors (Lipinski definition) is 14. The van der Waals surface area contributed by atoms with Crippen LogP contribution in [0.25, 0.3) is 0 Å². The second-order valence-electron chi connectivity index (χ2n) is 14.5. The predicted octanol–water partition coefficient (Wildman–Crippen LogP) is 3.34. The van der Waals surface area contributed by atoms with Crippen molar-refractivity contribution < 1.29 is 69.0 Å². The molecule has 316 valence electrons. The van der Waals surface area contributed by atoms with Crippen LogP contribution in [0, 0.1) is 0 Å². The van der Waals surface area contributed by atoms with Gasteiger partial charge in [-0.15, -0.1) is 0 Å². The van der Waals surface area contributed by atoms with Gasteiger partial charge in [0.15, 0.2) is 12.6 Å². The molecule has 2 saturated heterocycles. The highest BCUT2D eigenvalue weighted by Gasteiger charge is 2.47. The molecule has 11 unspecified atom stereocenters. The molecule has 54 heavy (non-hydrogen) atoms. The van der Waals surface area contributed by atoms with Crippen LogP contribution in [-0.2, 0) is 33.2 Å². The Morgan fingerprint density at radius 1 is 0.611 bits per heavy atom. The van der Waals surface area contributed by atoms with Gasteiger partial charge in [0, 0.05) is 13.0 Å². The molecule has 0 bridgehead atoms. The monoisotopic (exact) mass is 776 g/mol. The van der Waals surface area contributed by atoms with Gasteiger partial charge in [-0.3, -0.25) is 4.79 Å². The lowest BCUT2D eigenvalue weighted by Gasteiger charge is -2.42. The Morgan fingerprint density at radius 3 is 1.83 bits per heavy atom. The van der Waals surface area contributed by atoms with Gasteiger partial charge < -0.3 is 64.2 Å². The summed E-state index contributed by atoms with van der Waals surface area (Å²) in [6, 6.07) is 0. The van der Waals surface area contributed by atoms with Crippen LogP contribution in [0.1, 0.15) is 123 Å². The lowest BCUT2D eigenvalue weighted by molar-refractivity contribution is -0.332. The fourth-order valence-electron chi connectivity index (χ4n) is 6.24. The van der Waals surface area contributed by atoms with E-state index in [2.05, 4.69) is 38.2 Å². The Morgan fingerprint density at radius 2 is 1.17 bits per heavy atom. The van der Waals surface area contributed by atoms with Gasteiger partial charge in [-0.25, -0.2) is 0 Å². The van der Waals surface area contributed by atoms with Gasteiger partial charge >= 0.3 is 5.97 Å². The van der Waals surface area contributed by atoms with Crippen molar-refractivity contribution in [1.29, 1.82) is 0 Å². The fraction of sp³-hybridized carbons (Fsp3) is 0.875. The van der Waals surface area contributed by atoms with Crippen LogP contribution in [-0.4, -0.2) is 142 Å². The number of carbonyl (C=O) groups excluding carboxylic acids is 1. The number of rotatable bonds is 30. The minimum atomic E-state index is -1.70. The number of aliphatic hydroxyl groups excluding tert-OH is 7. The number of esters is 1. The second-order valence-corrected chi connectivity index (χ2v) is 14.5. The van der Waals surface area contributed by atoms with Crippen molar-refractivity contribution in [1.82, 2.24) is 0 Å². The largest absolute Gasteiger partial charge is 0.457 e. The van der Waals surface area contributed by atoms with Crippen LogP contribution < -0.4 is 0 Å². The average Bonchev–Trinajstić information content (AvgIpc) is 3.16. The fourth-order valence-corrected chi connectivity index (χ4v) is 6.24. The van der Waals surface area contributed by atoms with Gasteiger partial charge in [0.1, 0.15) is 54.9 Å². The van der Waals surface area contributed by atoms with Crippen LogP contribution >= 0.6 is 0 Å². The number of ether oxygens (including phenoxy) is 6. The van der Waals surface area contributed by atoms with Gasteiger partial charge in [0.25, 0.3) is 0 Å². The minimum absolute atomic E-state index is 0.0549. The minimum Gasteiger partial charge on any atom is -0.457 e. The van der Waals surface area contributed by atoms with Crippen molar-refractivity contribution >= 4 is 5.97 Å². The Balaban J connectivity index is 1.80. The lowest BCUT2D eigenvalue weighted by Crippen LogP contribution is -2.61. The number of aliphatic hydroxyl groups is 7. The quantitative estimate of drug-likeness (QED) is 0.0317. The van der Waals surface area contributed by atoms with Crippen molar-refractivity contribution in [2.45, 2.75) is 191 Å². The molecule has 2 fully saturated rings. The van der Waals surface area contributed by atoms with Crippen molar-refractivity contribution in [2.24, 2.45) is 0 Å². The summed E-state index contributed by atoms with van der Waals surface area (Å²) >= 11 is 0. The van der Waals surface area contributed by atoms with E-state index in [0.29, 0.717) is 13.0 Å². The maximum atomic E-state index is 12.7. The summed E-state index contributed by atoms with van der Waals surface area (Å²) < 4.78 is 33.9. The van der Waals surface area contributed by atoms with E-state index >= 15 is 0 Å². The van der Waals surface area contributed by atoms with Crippen molar-refractivity contribution in [3.8, 4) is 0 Å². The zero-order chi connectivity index (χ0) is 39.6. The van der Waals surface area contributed by atoms with Gasteiger partial charge in [0.2, 0.25) is 0 Å². The number of hydrogen-bond donors (Lipinski definition) is 7. The summed E-state index contributed by atoms with van der Waals surface area (Å²) in [6.45, 7) is 3.49. The summed E-state index contributed by atoms with van der Waals surface area (Å²) in [4.78, 5) is 12.7. The molecule has 0 aromatic carbocycles. The highest BCUT2D eigenvalue weighted by Crippen LogP contribution is 2.26. The topological polar surface area (TPSA) is 214 Å². The molecule has 2 aliphatic rings. The van der Waals surface area contributed by atoms with E-state index in [-0.39, 0.29) is 19.6 Å². The molecule has 2 aliphatic heterocycles. The van der Waals surface area contributed by atoms with E-state index in [4.69, 9.17) is 28.4 Å². The van der Waals surface area contributed by atoms with Crippen LogP contribution in [0.2, 0.25) is 0 Å². The van der Waals surface area contributed by atoms with Crippen LogP contribution in [0.4, 0.5) is 0 Å². The first-order valence-electron chi connectivity index (χ1n) is 20.4. The summed E-state index contributed by atoms with van der Waals surface area (Å²) in [5, 5.41) is 71.5. The van der Waals surface area contributed by atoms with E-state index in [1.54, 1.807) is 0 Å². The molecule has 0 aliphatic carbocycles. The van der Waals surface area contributed by atoms with Gasteiger partial charge in [0.05, 0.1) is 26.4 Å². The van der Waals surface area contributed by atoms with E-state index in [0.717, 1.165) is 70.6 Å². The normalized spacial score (nSPS) is 29.6. The van der Waals surface area contributed by atoms with Crippen LogP contribution in [0.3, 0.4) is 0 Å². The molecule has 7 N–H and O–H groups in total. The highest BCUT2D eigenvalue weighted by molar-refractivity contribution is 5.69. The molecule has 0 saturated carbocycles. The SMILES string of the molecule is CCCC/C=C\C/C=C\CCCCCCCCOCC(COC1OC(COC2OC(CO)C(O)C(O)C2O)C(O)C(O)C1O)OC(=O)CCCCCCC. The number of carbonyl (C=O) groups is 1. The zero-order valence-corrected chi connectivity index (χ0v) is 32.7. The first kappa shape index (κ1) is 48.6. The molecule has 11 atom stereocenters. The maximum absolute atomic E-state index is 12.7.